The second-order valence-corrected chi connectivity index (χ2v) is 29.9. The lowest BCUT2D eigenvalue weighted by molar-refractivity contribution is -0.687. The van der Waals surface area contributed by atoms with Gasteiger partial charge < -0.3 is 40.2 Å². The lowest BCUT2D eigenvalue weighted by Crippen LogP contribution is -2.48. The van der Waals surface area contributed by atoms with Crippen molar-refractivity contribution in [2.24, 2.45) is 45.3 Å². The van der Waals surface area contributed by atoms with Crippen molar-refractivity contribution in [3.8, 4) is 0 Å². The van der Waals surface area contributed by atoms with Gasteiger partial charge in [-0.25, -0.2) is 0 Å². The molecule has 0 saturated heterocycles. The number of hydrogen-bond donors (Lipinski definition) is 6. The van der Waals surface area contributed by atoms with Crippen LogP contribution in [0.2, 0.25) is 0 Å². The highest BCUT2D eigenvalue weighted by molar-refractivity contribution is 7.84. The molecule has 2 heterocycles. The fourth-order valence-electron chi connectivity index (χ4n) is 13.9. The van der Waals surface area contributed by atoms with E-state index in [2.05, 4.69) is 21.3 Å². The fraction of sp³-hybridized carbons (Fsp3) is 0.662. The number of esters is 4. The van der Waals surface area contributed by atoms with Crippen LogP contribution in [-0.4, -0.2) is 126 Å². The van der Waals surface area contributed by atoms with Crippen molar-refractivity contribution < 1.29 is 92.4 Å². The van der Waals surface area contributed by atoms with E-state index in [1.54, 1.807) is 127 Å². The number of amides is 4. The Kier molecular flexibility index (Phi) is 33.4. The summed E-state index contributed by atoms with van der Waals surface area (Å²) in [4.78, 5) is 117. The van der Waals surface area contributed by atoms with Gasteiger partial charge in [-0.3, -0.25) is 47.5 Å². The lowest BCUT2D eigenvalue weighted by Gasteiger charge is -2.40. The number of carbonyl (C=O) groups is 8. The van der Waals surface area contributed by atoms with E-state index in [1.165, 1.54) is 21.5 Å². The Morgan fingerprint density at radius 3 is 1.33 bits per heavy atom. The molecule has 0 aliphatic rings. The molecule has 1 aromatic carbocycles. The van der Waals surface area contributed by atoms with Gasteiger partial charge in [-0.15, -0.1) is 0 Å². The van der Waals surface area contributed by atoms with Crippen molar-refractivity contribution in [1.82, 2.24) is 21.3 Å². The molecule has 3 aromatic rings. The largest absolute Gasteiger partial charge is 0.466 e. The van der Waals surface area contributed by atoms with Crippen LogP contribution in [0.15, 0.2) is 79.3 Å². The summed E-state index contributed by atoms with van der Waals surface area (Å²) in [5.41, 5.74) is -4.84. The maximum absolute atomic E-state index is 15.2. The molecule has 0 fully saturated rings. The Bertz CT molecular complexity index is 3320. The second-order valence-electron chi connectivity index (χ2n) is 27.1. The zero-order valence-corrected chi connectivity index (χ0v) is 61.6. The third-order valence-corrected chi connectivity index (χ3v) is 19.9. The van der Waals surface area contributed by atoms with Gasteiger partial charge in [0.25, 0.3) is 11.8 Å². The number of carbonyl (C=O) groups excluding carboxylic acids is 8. The van der Waals surface area contributed by atoms with Crippen molar-refractivity contribution in [1.29, 1.82) is 0 Å². The molecule has 544 valence electrons. The van der Waals surface area contributed by atoms with Crippen LogP contribution in [0.5, 0.6) is 0 Å². The third-order valence-electron chi connectivity index (χ3n) is 18.6. The molecule has 11 atom stereocenters. The highest BCUT2D eigenvalue weighted by atomic mass is 32.2. The predicted octanol–water partition coefficient (Wildman–Crippen LogP) is 8.40. The zero-order valence-electron chi connectivity index (χ0n) is 60.0. The van der Waals surface area contributed by atoms with E-state index in [0.717, 1.165) is 11.1 Å². The molecule has 0 saturated carbocycles. The fourth-order valence-corrected chi connectivity index (χ4v) is 15.0. The maximum Gasteiger partial charge on any atom is 0.326 e. The minimum absolute atomic E-state index is 0.000539. The first kappa shape index (κ1) is 84.3. The van der Waals surface area contributed by atoms with E-state index in [4.69, 9.17) is 18.9 Å². The van der Waals surface area contributed by atoms with Crippen LogP contribution in [0.1, 0.15) is 203 Å². The normalized spacial score (nSPS) is 16.8. The Balaban J connectivity index is 2.38. The number of nitrogens with one attached hydrogen (secondary N) is 4. The van der Waals surface area contributed by atoms with Crippen molar-refractivity contribution in [2.75, 3.05) is 52.6 Å². The van der Waals surface area contributed by atoms with E-state index in [1.807, 2.05) is 44.2 Å². The molecule has 6 N–H and O–H groups in total. The molecule has 0 bridgehead atoms. The number of nitrogens with zero attached hydrogens (tertiary/aromatic N) is 2. The molecule has 24 nitrogen and oxygen atoms in total. The summed E-state index contributed by atoms with van der Waals surface area (Å²) < 4.78 is 94.0. The highest BCUT2D eigenvalue weighted by Gasteiger charge is 2.51. The summed E-state index contributed by atoms with van der Waals surface area (Å²) >= 11 is 0. The molecule has 97 heavy (non-hydrogen) atoms. The molecule has 0 spiro atoms. The topological polar surface area (TPSA) is 338 Å². The van der Waals surface area contributed by atoms with Gasteiger partial charge in [0.05, 0.1) is 49.1 Å². The van der Waals surface area contributed by atoms with Crippen LogP contribution in [0.3, 0.4) is 0 Å². The predicted molar refractivity (Wildman–Crippen MR) is 365 cm³/mol. The minimum atomic E-state index is -4.49. The molecule has 0 radical (unpaired) electrons. The van der Waals surface area contributed by atoms with E-state index in [9.17, 15) is 54.7 Å². The number of benzene rings is 1. The van der Waals surface area contributed by atoms with Crippen molar-refractivity contribution in [3.63, 3.8) is 0 Å². The first-order valence-electron chi connectivity index (χ1n) is 34.2. The van der Waals surface area contributed by atoms with Gasteiger partial charge in [-0.2, -0.15) is 26.0 Å². The number of aromatic nitrogens is 2. The van der Waals surface area contributed by atoms with Crippen LogP contribution >= 0.6 is 0 Å². The average Bonchev–Trinajstić information content (AvgIpc) is 0.801. The van der Waals surface area contributed by atoms with Crippen molar-refractivity contribution in [3.05, 3.63) is 96.1 Å². The van der Waals surface area contributed by atoms with Crippen molar-refractivity contribution >= 4 is 67.7 Å². The van der Waals surface area contributed by atoms with Gasteiger partial charge in [-0.05, 0) is 162 Å². The lowest BCUT2D eigenvalue weighted by atomic mass is 9.64. The van der Waals surface area contributed by atoms with E-state index in [0.29, 0.717) is 18.5 Å². The molecular weight excluding hydrogens is 1290 g/mol. The summed E-state index contributed by atoms with van der Waals surface area (Å²) in [6.45, 7) is 26.3. The van der Waals surface area contributed by atoms with Crippen LogP contribution in [-0.2, 0) is 94.7 Å². The Morgan fingerprint density at radius 1 is 0.464 bits per heavy atom. The van der Waals surface area contributed by atoms with Gasteiger partial charge in [0.15, 0.2) is 24.3 Å². The average molecular weight is 1400 g/mol. The third kappa shape index (κ3) is 25.7. The maximum atomic E-state index is 15.2. The summed E-state index contributed by atoms with van der Waals surface area (Å²) in [7, 11) is -8.94. The van der Waals surface area contributed by atoms with Crippen LogP contribution < -0.4 is 30.4 Å². The molecule has 3 rings (SSSR count). The first-order valence-corrected chi connectivity index (χ1v) is 37.4. The molecule has 0 aliphatic heterocycles. The summed E-state index contributed by atoms with van der Waals surface area (Å²) in [6.07, 6.45) is 4.02. The van der Waals surface area contributed by atoms with Crippen molar-refractivity contribution in [2.45, 2.75) is 203 Å². The Hall–Kier alpha value is -6.90. The molecule has 4 amide bonds. The van der Waals surface area contributed by atoms with Crippen LogP contribution in [0.4, 0.5) is 0 Å². The SMILES string of the molecule is CCNC(=O)C(CC(CC(C)(CC(C)c1cccc[n+]1CS(=O)(=O)O)c1cc[n+](CS(=O)(=O)O)cc1)c1ccccc1)CC(C)(CC(CC(C)(CC(CC(C)(CC(CC(C)(CC)C(=O)OCC)C(=O)OCC)C(=O)NCC)C(=O)NCC)C(=O)OCC)C(=O)OCC)C(=O)NCC. The van der Waals surface area contributed by atoms with E-state index in [-0.39, 0.29) is 110 Å². The van der Waals surface area contributed by atoms with Gasteiger partial charge in [0.1, 0.15) is 0 Å². The second kappa shape index (κ2) is 38.5. The van der Waals surface area contributed by atoms with E-state index >= 15 is 9.59 Å². The van der Waals surface area contributed by atoms with E-state index < -0.39 is 142 Å². The number of pyridine rings is 2. The molecule has 2 aromatic heterocycles. The smallest absolute Gasteiger partial charge is 0.326 e. The zero-order chi connectivity index (χ0) is 73.2. The summed E-state index contributed by atoms with van der Waals surface area (Å²) in [5, 5.41) is 11.7. The molecule has 0 aliphatic carbocycles. The molecule has 11 unspecified atom stereocenters. The van der Waals surface area contributed by atoms with Gasteiger partial charge in [0.2, 0.25) is 23.6 Å². The Labute approximate surface area is 576 Å². The number of hydrogen-bond acceptors (Lipinski definition) is 16. The summed E-state index contributed by atoms with van der Waals surface area (Å²) in [6, 6.07) is 18.1. The van der Waals surface area contributed by atoms with Crippen LogP contribution in [0.25, 0.3) is 0 Å². The monoisotopic (exact) mass is 1400 g/mol. The standard InChI is InChI=1S/C71H110N6O18S2/c1-16-67(11,65(84)94-23-8)44-55(61(80)92-21-6)45-70(14,64(83)75-20-5)42-54(60(79)73-18-3)43-71(15,66(85)95-24-9)47-56(62(81)93-22-7)46-69(13,63(82)74-19-4)41-53(59(78)72-17-2)38-52(51-30-26-25-27-31-51)40-68(12,57-33-36-76(37-34-57)48-96(86,87)88)39-50(10)58-32-28-29-35-77(58)49-97(89,90)91/h25-37,50,52-56H,16-24,38-49H2,1-15H3,(H4-2,72,73,74,75,78,79,82,83,86,87,88,89,90,91)/p+2. The van der Waals surface area contributed by atoms with Crippen LogP contribution in [0, 0.1) is 45.3 Å². The van der Waals surface area contributed by atoms with Gasteiger partial charge in [-0.1, -0.05) is 71.0 Å². The quantitative estimate of drug-likeness (QED) is 0.0134. The van der Waals surface area contributed by atoms with Gasteiger partial charge >= 0.3 is 44.1 Å². The first-order chi connectivity index (χ1) is 45.4. The number of rotatable bonds is 44. The van der Waals surface area contributed by atoms with Gasteiger partial charge in [0, 0.05) is 79.0 Å². The molecule has 26 heteroatoms. The highest BCUT2D eigenvalue weighted by Crippen LogP contribution is 2.49. The Morgan fingerprint density at radius 2 is 0.876 bits per heavy atom. The number of ether oxygens (including phenoxy) is 4. The summed E-state index contributed by atoms with van der Waals surface area (Å²) in [5.74, 6) is -11.5. The minimum Gasteiger partial charge on any atom is -0.466 e. The molecular formula is C71H112N6O18S2+2.